The predicted octanol–water partition coefficient (Wildman–Crippen LogP) is 3.49. The topological polar surface area (TPSA) is 71.2 Å². The Kier molecular flexibility index (Phi) is 5.76. The van der Waals surface area contributed by atoms with E-state index in [9.17, 15) is 4.79 Å². The van der Waals surface area contributed by atoms with Crippen LogP contribution in [0.15, 0.2) is 42.5 Å². The lowest BCUT2D eigenvalue weighted by Crippen LogP contribution is -2.35. The summed E-state index contributed by atoms with van der Waals surface area (Å²) in [7, 11) is 3.97. The fraction of sp³-hybridized carbons (Fsp3) is 0.263. The average molecular weight is 389 g/mol. The molecular formula is C19H21ClN4OS. The number of nitrogens with one attached hydrogen (secondary N) is 1. The van der Waals surface area contributed by atoms with Gasteiger partial charge in [-0.3, -0.25) is 4.79 Å². The molecule has 0 bridgehead atoms. The molecule has 1 atom stereocenters. The van der Waals surface area contributed by atoms with E-state index in [2.05, 4.69) is 15.2 Å². The highest BCUT2D eigenvalue weighted by Crippen LogP contribution is 2.25. The number of hydrogen-bond donors (Lipinski definition) is 2. The Morgan fingerprint density at radius 3 is 2.85 bits per heavy atom. The van der Waals surface area contributed by atoms with Gasteiger partial charge >= 0.3 is 0 Å². The first kappa shape index (κ1) is 18.6. The number of nitrogens with two attached hydrogens (primary N) is 1. The summed E-state index contributed by atoms with van der Waals surface area (Å²) in [6.45, 7) is 0.516. The third-order valence-corrected chi connectivity index (χ3v) is 5.27. The van der Waals surface area contributed by atoms with Gasteiger partial charge in [0.25, 0.3) is 0 Å². The van der Waals surface area contributed by atoms with Crippen LogP contribution in [0.2, 0.25) is 5.02 Å². The zero-order valence-electron chi connectivity index (χ0n) is 14.7. The van der Waals surface area contributed by atoms with Crippen molar-refractivity contribution in [3.8, 4) is 0 Å². The van der Waals surface area contributed by atoms with E-state index in [4.69, 9.17) is 17.3 Å². The highest BCUT2D eigenvalue weighted by molar-refractivity contribution is 7.22. The van der Waals surface area contributed by atoms with Crippen LogP contribution >= 0.6 is 22.9 Å². The third-order valence-electron chi connectivity index (χ3n) is 4.18. The SMILES string of the molecule is CN(C)C(CNC(=O)Cc1ccc2nc(N)sc2c1)c1cccc(Cl)c1. The number of benzene rings is 2. The Balaban J connectivity index is 1.64. The highest BCUT2D eigenvalue weighted by atomic mass is 35.5. The molecule has 2 aromatic carbocycles. The van der Waals surface area contributed by atoms with Crippen molar-refractivity contribution in [1.82, 2.24) is 15.2 Å². The van der Waals surface area contributed by atoms with Crippen molar-refractivity contribution >= 4 is 44.2 Å². The van der Waals surface area contributed by atoms with Gasteiger partial charge in [0, 0.05) is 11.6 Å². The van der Waals surface area contributed by atoms with Crippen molar-refractivity contribution in [2.45, 2.75) is 12.5 Å². The number of thiazole rings is 1. The Bertz CT molecular complexity index is 925. The molecule has 0 saturated carbocycles. The number of halogens is 1. The van der Waals surface area contributed by atoms with E-state index in [0.717, 1.165) is 21.3 Å². The second kappa shape index (κ2) is 8.03. The molecule has 3 aromatic rings. The normalized spacial score (nSPS) is 12.5. The lowest BCUT2D eigenvalue weighted by atomic mass is 10.1. The summed E-state index contributed by atoms with van der Waals surface area (Å²) in [4.78, 5) is 18.7. The van der Waals surface area contributed by atoms with Gasteiger partial charge in [0.1, 0.15) is 0 Å². The lowest BCUT2D eigenvalue weighted by molar-refractivity contribution is -0.120. The van der Waals surface area contributed by atoms with Crippen LogP contribution in [0.1, 0.15) is 17.2 Å². The van der Waals surface area contributed by atoms with Crippen LogP contribution < -0.4 is 11.1 Å². The maximum atomic E-state index is 12.4. The molecule has 5 nitrogen and oxygen atoms in total. The smallest absolute Gasteiger partial charge is 0.224 e. The molecule has 1 aromatic heterocycles. The van der Waals surface area contributed by atoms with Crippen molar-refractivity contribution < 1.29 is 4.79 Å². The number of carbonyl (C=O) groups excluding carboxylic acids is 1. The average Bonchev–Trinajstić information content (AvgIpc) is 2.94. The number of hydrogen-bond acceptors (Lipinski definition) is 5. The van der Waals surface area contributed by atoms with Crippen LogP contribution in [0, 0.1) is 0 Å². The number of nitrogen functional groups attached to an aromatic ring is 1. The molecule has 7 heteroatoms. The summed E-state index contributed by atoms with van der Waals surface area (Å²) in [5, 5.41) is 4.25. The van der Waals surface area contributed by atoms with Crippen molar-refractivity contribution in [1.29, 1.82) is 0 Å². The van der Waals surface area contributed by atoms with Gasteiger partial charge in [-0.25, -0.2) is 4.98 Å². The van der Waals surface area contributed by atoms with Crippen molar-refractivity contribution in [2.75, 3.05) is 26.4 Å². The minimum Gasteiger partial charge on any atom is -0.375 e. The number of rotatable bonds is 6. The van der Waals surface area contributed by atoms with Gasteiger partial charge in [0.05, 0.1) is 22.7 Å². The molecule has 1 heterocycles. The fourth-order valence-electron chi connectivity index (χ4n) is 2.87. The number of amides is 1. The molecule has 0 fully saturated rings. The largest absolute Gasteiger partial charge is 0.375 e. The van der Waals surface area contributed by atoms with Gasteiger partial charge in [0.2, 0.25) is 5.91 Å². The van der Waals surface area contributed by atoms with Crippen molar-refractivity contribution in [2.24, 2.45) is 0 Å². The first-order valence-electron chi connectivity index (χ1n) is 8.26. The van der Waals surface area contributed by atoms with Crippen molar-refractivity contribution in [3.05, 3.63) is 58.6 Å². The highest BCUT2D eigenvalue weighted by Gasteiger charge is 2.16. The molecule has 0 spiro atoms. The van der Waals surface area contributed by atoms with E-state index in [1.165, 1.54) is 11.3 Å². The van der Waals surface area contributed by atoms with Gasteiger partial charge < -0.3 is 16.0 Å². The second-order valence-corrected chi connectivity index (χ2v) is 7.87. The maximum Gasteiger partial charge on any atom is 0.224 e. The van der Waals surface area contributed by atoms with Gasteiger partial charge in [-0.15, -0.1) is 0 Å². The van der Waals surface area contributed by atoms with Crippen LogP contribution in [0.3, 0.4) is 0 Å². The van der Waals surface area contributed by atoms with E-state index in [1.807, 2.05) is 56.6 Å². The number of likely N-dealkylation sites (N-methyl/N-ethyl adjacent to an activating group) is 1. The molecule has 3 rings (SSSR count). The number of nitrogens with zero attached hydrogens (tertiary/aromatic N) is 2. The Labute approximate surface area is 161 Å². The van der Waals surface area contributed by atoms with E-state index in [-0.39, 0.29) is 11.9 Å². The monoisotopic (exact) mass is 388 g/mol. The van der Waals surface area contributed by atoms with Gasteiger partial charge in [-0.2, -0.15) is 0 Å². The molecule has 1 unspecified atom stereocenters. The lowest BCUT2D eigenvalue weighted by Gasteiger charge is -2.25. The molecule has 26 heavy (non-hydrogen) atoms. The summed E-state index contributed by atoms with van der Waals surface area (Å²) in [5.74, 6) is -0.0179. The quantitative estimate of drug-likeness (QED) is 0.678. The maximum absolute atomic E-state index is 12.4. The molecule has 136 valence electrons. The summed E-state index contributed by atoms with van der Waals surface area (Å²) in [6.07, 6.45) is 0.323. The van der Waals surface area contributed by atoms with E-state index >= 15 is 0 Å². The molecular weight excluding hydrogens is 368 g/mol. The second-order valence-electron chi connectivity index (χ2n) is 6.37. The first-order chi connectivity index (χ1) is 12.4. The minimum atomic E-state index is -0.0179. The first-order valence-corrected chi connectivity index (χ1v) is 9.45. The zero-order valence-corrected chi connectivity index (χ0v) is 16.3. The van der Waals surface area contributed by atoms with Crippen LogP contribution in [-0.2, 0) is 11.2 Å². The van der Waals surface area contributed by atoms with Crippen LogP contribution in [0.25, 0.3) is 10.2 Å². The molecule has 0 aliphatic carbocycles. The molecule has 1 amide bonds. The Morgan fingerprint density at radius 2 is 2.12 bits per heavy atom. The van der Waals surface area contributed by atoms with E-state index in [0.29, 0.717) is 23.1 Å². The molecule has 0 aliphatic rings. The van der Waals surface area contributed by atoms with Crippen LogP contribution in [0.5, 0.6) is 0 Å². The van der Waals surface area contributed by atoms with Crippen LogP contribution in [0.4, 0.5) is 5.13 Å². The fourth-order valence-corrected chi connectivity index (χ4v) is 3.86. The van der Waals surface area contributed by atoms with Gasteiger partial charge in [-0.05, 0) is 49.5 Å². The number of aromatic nitrogens is 1. The Hall–Kier alpha value is -2.15. The number of anilines is 1. The van der Waals surface area contributed by atoms with E-state index < -0.39 is 0 Å². The summed E-state index contributed by atoms with van der Waals surface area (Å²) in [5.41, 5.74) is 8.62. The summed E-state index contributed by atoms with van der Waals surface area (Å²) >= 11 is 7.52. The van der Waals surface area contributed by atoms with Crippen LogP contribution in [-0.4, -0.2) is 36.4 Å². The summed E-state index contributed by atoms with van der Waals surface area (Å²) in [6, 6.07) is 13.6. The van der Waals surface area contributed by atoms with Gasteiger partial charge in [-0.1, -0.05) is 41.1 Å². The van der Waals surface area contributed by atoms with Gasteiger partial charge in [0.15, 0.2) is 5.13 Å². The van der Waals surface area contributed by atoms with E-state index in [1.54, 1.807) is 0 Å². The predicted molar refractivity (Wildman–Crippen MR) is 109 cm³/mol. The summed E-state index contributed by atoms with van der Waals surface area (Å²) < 4.78 is 0.998. The standard InChI is InChI=1S/C19H21ClN4OS/c1-24(2)16(13-4-3-5-14(20)10-13)11-22-18(25)9-12-6-7-15-17(8-12)26-19(21)23-15/h3-8,10,16H,9,11H2,1-2H3,(H2,21,23)(H,22,25). The minimum absolute atomic E-state index is 0.0179. The molecule has 0 saturated heterocycles. The molecule has 0 aliphatic heterocycles. The molecule has 0 radical (unpaired) electrons. The number of carbonyl (C=O) groups is 1. The van der Waals surface area contributed by atoms with Crippen molar-refractivity contribution in [3.63, 3.8) is 0 Å². The Morgan fingerprint density at radius 1 is 1.31 bits per heavy atom. The zero-order chi connectivity index (χ0) is 18.7. The molecule has 3 N–H and O–H groups in total. The third kappa shape index (κ3) is 4.52. The number of fused-ring (bicyclic) bond motifs is 1.